The molecule has 0 radical (unpaired) electrons. The van der Waals surface area contributed by atoms with E-state index in [1.807, 2.05) is 12.1 Å². The van der Waals surface area contributed by atoms with Gasteiger partial charge in [0.15, 0.2) is 5.65 Å². The van der Waals surface area contributed by atoms with E-state index in [0.29, 0.717) is 18.3 Å². The number of pyridine rings is 1. The summed E-state index contributed by atoms with van der Waals surface area (Å²) in [7, 11) is 0. The Kier molecular flexibility index (Phi) is 3.74. The quantitative estimate of drug-likeness (QED) is 0.536. The molecule has 136 valence electrons. The molecule has 1 fully saturated rings. The number of aromatic nitrogens is 5. The monoisotopic (exact) mass is 365 g/mol. The predicted octanol–water partition coefficient (Wildman–Crippen LogP) is 4.03. The fraction of sp³-hybridized carbons (Fsp3) is 0.250. The highest BCUT2D eigenvalue weighted by Gasteiger charge is 2.25. The molecule has 1 aromatic carbocycles. The zero-order valence-corrected chi connectivity index (χ0v) is 14.5. The molecule has 3 heterocycles. The molecule has 5 rings (SSSR count). The highest BCUT2D eigenvalue weighted by atomic mass is 19.1. The van der Waals surface area contributed by atoms with Gasteiger partial charge in [-0.1, -0.05) is 0 Å². The van der Waals surface area contributed by atoms with Crippen LogP contribution in [-0.4, -0.2) is 24.1 Å². The maximum Gasteiger partial charge on any atom is 0.160 e. The predicted molar refractivity (Wildman–Crippen MR) is 96.9 cm³/mol. The van der Waals surface area contributed by atoms with Crippen LogP contribution < -0.4 is 0 Å². The largest absolute Gasteiger partial charge is 0.323 e. The third kappa shape index (κ3) is 2.99. The van der Waals surface area contributed by atoms with Crippen molar-refractivity contribution in [2.45, 2.75) is 25.9 Å². The Bertz CT molecular complexity index is 1130. The number of nitrogens with zero attached hydrogens (tertiary/aromatic N) is 5. The molecular weight excluding hydrogens is 348 g/mol. The molecule has 1 saturated carbocycles. The maximum absolute atomic E-state index is 14.2. The summed E-state index contributed by atoms with van der Waals surface area (Å²) in [5, 5.41) is 0. The van der Waals surface area contributed by atoms with Gasteiger partial charge in [0.05, 0.1) is 12.1 Å². The lowest BCUT2D eigenvalue weighted by Crippen LogP contribution is -2.11. The third-order valence-electron chi connectivity index (χ3n) is 4.92. The standard InChI is InChI=1S/C20H17F2N5/c21-14-5-6-16(22)15(10-14)19-24-8-9-26(19)12-18-25-17-2-1-7-23-20(17)27(18)11-13-3-4-13/h1-2,5-10,13H,3-4,11-12H2. The summed E-state index contributed by atoms with van der Waals surface area (Å²) in [6.07, 6.45) is 7.55. The molecule has 0 saturated heterocycles. The first-order valence-corrected chi connectivity index (χ1v) is 8.96. The minimum Gasteiger partial charge on any atom is -0.323 e. The maximum atomic E-state index is 14.2. The molecule has 0 amide bonds. The summed E-state index contributed by atoms with van der Waals surface area (Å²) in [4.78, 5) is 13.5. The van der Waals surface area contributed by atoms with Gasteiger partial charge < -0.3 is 9.13 Å². The first-order valence-electron chi connectivity index (χ1n) is 8.96. The van der Waals surface area contributed by atoms with E-state index in [9.17, 15) is 8.78 Å². The molecular formula is C20H17F2N5. The van der Waals surface area contributed by atoms with Crippen LogP contribution in [0.5, 0.6) is 0 Å². The van der Waals surface area contributed by atoms with Crippen molar-refractivity contribution < 1.29 is 8.78 Å². The normalized spacial score (nSPS) is 14.1. The Labute approximate surface area is 154 Å². The average Bonchev–Trinajstić information content (AvgIpc) is 3.27. The summed E-state index contributed by atoms with van der Waals surface area (Å²) >= 11 is 0. The third-order valence-corrected chi connectivity index (χ3v) is 4.92. The van der Waals surface area contributed by atoms with E-state index < -0.39 is 11.6 Å². The molecule has 7 heteroatoms. The van der Waals surface area contributed by atoms with Crippen LogP contribution in [0, 0.1) is 17.6 Å². The van der Waals surface area contributed by atoms with Crippen molar-refractivity contribution in [2.75, 3.05) is 0 Å². The van der Waals surface area contributed by atoms with E-state index in [4.69, 9.17) is 4.98 Å². The van der Waals surface area contributed by atoms with Gasteiger partial charge in [-0.15, -0.1) is 0 Å². The summed E-state index contributed by atoms with van der Waals surface area (Å²) in [6, 6.07) is 7.20. The fourth-order valence-electron chi connectivity index (χ4n) is 3.38. The lowest BCUT2D eigenvalue weighted by molar-refractivity contribution is 0.585. The Morgan fingerprint density at radius 1 is 1.07 bits per heavy atom. The number of benzene rings is 1. The van der Waals surface area contributed by atoms with Crippen LogP contribution in [0.1, 0.15) is 18.7 Å². The Hall–Kier alpha value is -3.09. The second kappa shape index (κ2) is 6.26. The van der Waals surface area contributed by atoms with Crippen LogP contribution in [-0.2, 0) is 13.1 Å². The van der Waals surface area contributed by atoms with Gasteiger partial charge in [-0.25, -0.2) is 23.7 Å². The van der Waals surface area contributed by atoms with Crippen LogP contribution in [0.15, 0.2) is 48.9 Å². The van der Waals surface area contributed by atoms with E-state index in [2.05, 4.69) is 14.5 Å². The molecule has 0 unspecified atom stereocenters. The fourth-order valence-corrected chi connectivity index (χ4v) is 3.38. The number of hydrogen-bond acceptors (Lipinski definition) is 3. The van der Waals surface area contributed by atoms with Crippen LogP contribution in [0.3, 0.4) is 0 Å². The van der Waals surface area contributed by atoms with Gasteiger partial charge in [0.1, 0.15) is 28.8 Å². The number of halogens is 2. The number of imidazole rings is 2. The van der Waals surface area contributed by atoms with Gasteiger partial charge in [0.25, 0.3) is 0 Å². The second-order valence-corrected chi connectivity index (χ2v) is 6.93. The van der Waals surface area contributed by atoms with E-state index in [1.165, 1.54) is 18.9 Å². The van der Waals surface area contributed by atoms with Crippen molar-refractivity contribution in [1.29, 1.82) is 0 Å². The van der Waals surface area contributed by atoms with Crippen LogP contribution >= 0.6 is 0 Å². The van der Waals surface area contributed by atoms with Crippen LogP contribution in [0.2, 0.25) is 0 Å². The molecule has 1 aliphatic carbocycles. The van der Waals surface area contributed by atoms with E-state index in [0.717, 1.165) is 35.7 Å². The smallest absolute Gasteiger partial charge is 0.160 e. The minimum atomic E-state index is -0.503. The minimum absolute atomic E-state index is 0.142. The van der Waals surface area contributed by atoms with Crippen LogP contribution in [0.4, 0.5) is 8.78 Å². The van der Waals surface area contributed by atoms with Crippen molar-refractivity contribution in [3.8, 4) is 11.4 Å². The van der Waals surface area contributed by atoms with Gasteiger partial charge in [-0.3, -0.25) is 0 Å². The van der Waals surface area contributed by atoms with Crippen molar-refractivity contribution in [2.24, 2.45) is 5.92 Å². The molecule has 3 aromatic heterocycles. The molecule has 0 bridgehead atoms. The van der Waals surface area contributed by atoms with Crippen LogP contribution in [0.25, 0.3) is 22.6 Å². The molecule has 0 spiro atoms. The van der Waals surface area contributed by atoms with Gasteiger partial charge in [0.2, 0.25) is 0 Å². The average molecular weight is 365 g/mol. The highest BCUT2D eigenvalue weighted by Crippen LogP contribution is 2.32. The van der Waals surface area contributed by atoms with Crippen molar-refractivity contribution in [3.63, 3.8) is 0 Å². The van der Waals surface area contributed by atoms with E-state index in [1.54, 1.807) is 23.2 Å². The number of rotatable bonds is 5. The summed E-state index contributed by atoms with van der Waals surface area (Å²) in [6.45, 7) is 1.29. The van der Waals surface area contributed by atoms with Crippen molar-refractivity contribution in [1.82, 2.24) is 24.1 Å². The van der Waals surface area contributed by atoms with Gasteiger partial charge in [0, 0.05) is 25.1 Å². The first kappa shape index (κ1) is 16.1. The highest BCUT2D eigenvalue weighted by molar-refractivity contribution is 5.71. The van der Waals surface area contributed by atoms with Gasteiger partial charge in [-0.2, -0.15) is 0 Å². The van der Waals surface area contributed by atoms with Gasteiger partial charge in [-0.05, 0) is 49.1 Å². The zero-order valence-electron chi connectivity index (χ0n) is 14.5. The lowest BCUT2D eigenvalue weighted by atomic mass is 10.2. The summed E-state index contributed by atoms with van der Waals surface area (Å²) < 4.78 is 31.8. The molecule has 4 aromatic rings. The zero-order chi connectivity index (χ0) is 18.4. The topological polar surface area (TPSA) is 48.5 Å². The van der Waals surface area contributed by atoms with Gasteiger partial charge >= 0.3 is 0 Å². The molecule has 27 heavy (non-hydrogen) atoms. The Morgan fingerprint density at radius 2 is 1.96 bits per heavy atom. The second-order valence-electron chi connectivity index (χ2n) is 6.93. The van der Waals surface area contributed by atoms with E-state index in [-0.39, 0.29) is 5.56 Å². The molecule has 1 aliphatic rings. The first-order chi connectivity index (χ1) is 13.2. The molecule has 0 aliphatic heterocycles. The Balaban J connectivity index is 1.57. The SMILES string of the molecule is Fc1ccc(F)c(-c2nccn2Cc2nc3cccnc3n2CC2CC2)c1. The molecule has 0 atom stereocenters. The number of hydrogen-bond donors (Lipinski definition) is 0. The van der Waals surface area contributed by atoms with Crippen molar-refractivity contribution in [3.05, 3.63) is 66.4 Å². The lowest BCUT2D eigenvalue weighted by Gasteiger charge is -2.11. The Morgan fingerprint density at radius 3 is 2.81 bits per heavy atom. The summed E-state index contributed by atoms with van der Waals surface area (Å²) in [5.41, 5.74) is 1.84. The molecule has 5 nitrogen and oxygen atoms in total. The van der Waals surface area contributed by atoms with Crippen molar-refractivity contribution >= 4 is 11.2 Å². The van der Waals surface area contributed by atoms with E-state index >= 15 is 0 Å². The number of fused-ring (bicyclic) bond motifs is 1. The molecule has 0 N–H and O–H groups in total. The summed E-state index contributed by atoms with van der Waals surface area (Å²) in [5.74, 6) is 0.880.